The largest absolute Gasteiger partial charge is 0.495 e. The number of nitriles is 1. The molecule has 1 amide bonds. The van der Waals surface area contributed by atoms with Crippen LogP contribution >= 0.6 is 0 Å². The van der Waals surface area contributed by atoms with Crippen molar-refractivity contribution in [2.45, 2.75) is 56.9 Å². The number of amides is 1. The second-order valence-corrected chi connectivity index (χ2v) is 7.15. The number of rotatable bonds is 4. The van der Waals surface area contributed by atoms with Gasteiger partial charge in [-0.05, 0) is 37.3 Å². The second-order valence-electron chi connectivity index (χ2n) is 7.15. The summed E-state index contributed by atoms with van der Waals surface area (Å²) in [5.74, 6) is 0.747. The van der Waals surface area contributed by atoms with Crippen LogP contribution in [0.5, 0.6) is 5.75 Å². The molecule has 0 saturated heterocycles. The Morgan fingerprint density at radius 3 is 2.72 bits per heavy atom. The average Bonchev–Trinajstić information content (AvgIpc) is 2.87. The number of benzene rings is 1. The van der Waals surface area contributed by atoms with Crippen LogP contribution in [-0.4, -0.2) is 31.6 Å². The maximum Gasteiger partial charge on any atom is 0.240 e. The van der Waals surface area contributed by atoms with E-state index >= 15 is 0 Å². The number of aryl methyl sites for hydroxylation is 1. The lowest BCUT2D eigenvalue weighted by Gasteiger charge is -2.33. The van der Waals surface area contributed by atoms with E-state index in [-0.39, 0.29) is 12.5 Å². The van der Waals surface area contributed by atoms with Crippen molar-refractivity contribution in [1.29, 1.82) is 5.26 Å². The van der Waals surface area contributed by atoms with Crippen molar-refractivity contribution in [3.63, 3.8) is 0 Å². The predicted octanol–water partition coefficient (Wildman–Crippen LogP) is 3.18. The first-order valence-electron chi connectivity index (χ1n) is 9.30. The lowest BCUT2D eigenvalue weighted by atomic mass is 9.92. The van der Waals surface area contributed by atoms with E-state index in [1.54, 1.807) is 7.11 Å². The number of methoxy groups -OCH3 is 1. The summed E-state index contributed by atoms with van der Waals surface area (Å²) < 4.78 is 5.51. The van der Waals surface area contributed by atoms with Crippen LogP contribution < -0.4 is 15.0 Å². The first-order valence-corrected chi connectivity index (χ1v) is 9.30. The third kappa shape index (κ3) is 3.89. The molecular formula is C20H27N3O2. The van der Waals surface area contributed by atoms with Crippen molar-refractivity contribution in [3.8, 4) is 11.8 Å². The molecule has 1 N–H and O–H groups in total. The van der Waals surface area contributed by atoms with E-state index in [1.165, 1.54) is 5.56 Å². The van der Waals surface area contributed by atoms with Crippen LogP contribution in [0.2, 0.25) is 0 Å². The summed E-state index contributed by atoms with van der Waals surface area (Å²) in [4.78, 5) is 14.8. The van der Waals surface area contributed by atoms with E-state index in [0.29, 0.717) is 0 Å². The maximum atomic E-state index is 12.7. The Bertz CT molecular complexity index is 643. The molecule has 1 saturated carbocycles. The van der Waals surface area contributed by atoms with Crippen LogP contribution in [0.15, 0.2) is 18.2 Å². The van der Waals surface area contributed by atoms with Crippen molar-refractivity contribution in [1.82, 2.24) is 5.32 Å². The summed E-state index contributed by atoms with van der Waals surface area (Å²) >= 11 is 0. The average molecular weight is 341 g/mol. The second kappa shape index (κ2) is 7.77. The summed E-state index contributed by atoms with van der Waals surface area (Å²) in [5, 5.41) is 12.7. The number of ether oxygens (including phenoxy) is 1. The Kier molecular flexibility index (Phi) is 5.47. The fraction of sp³-hybridized carbons (Fsp3) is 0.600. The first kappa shape index (κ1) is 17.6. The quantitative estimate of drug-likeness (QED) is 0.854. The van der Waals surface area contributed by atoms with Crippen LogP contribution in [-0.2, 0) is 11.2 Å². The van der Waals surface area contributed by atoms with Crippen molar-refractivity contribution in [2.24, 2.45) is 0 Å². The Balaban J connectivity index is 1.73. The zero-order valence-electron chi connectivity index (χ0n) is 15.0. The Hall–Kier alpha value is -2.22. The predicted molar refractivity (Wildman–Crippen MR) is 97.7 cm³/mol. The number of nitrogens with one attached hydrogen (secondary N) is 1. The highest BCUT2D eigenvalue weighted by atomic mass is 16.5. The molecule has 0 radical (unpaired) electrons. The van der Waals surface area contributed by atoms with Crippen molar-refractivity contribution < 1.29 is 9.53 Å². The zero-order chi connectivity index (χ0) is 17.7. The molecule has 25 heavy (non-hydrogen) atoms. The number of carbonyl (C=O) groups excluding carboxylic acids is 1. The van der Waals surface area contributed by atoms with Crippen molar-refractivity contribution in [2.75, 3.05) is 25.1 Å². The highest BCUT2D eigenvalue weighted by Crippen LogP contribution is 2.36. The first-order chi connectivity index (χ1) is 12.2. The molecule has 0 unspecified atom stereocenters. The van der Waals surface area contributed by atoms with Gasteiger partial charge in [-0.3, -0.25) is 4.79 Å². The van der Waals surface area contributed by atoms with E-state index < -0.39 is 5.54 Å². The number of hydrogen-bond acceptors (Lipinski definition) is 4. The van der Waals surface area contributed by atoms with E-state index in [2.05, 4.69) is 22.4 Å². The van der Waals surface area contributed by atoms with Gasteiger partial charge in [-0.15, -0.1) is 0 Å². The van der Waals surface area contributed by atoms with E-state index in [0.717, 1.165) is 69.3 Å². The number of fused-ring (bicyclic) bond motifs is 1. The van der Waals surface area contributed by atoms with Gasteiger partial charge < -0.3 is 15.0 Å². The molecule has 1 aliphatic heterocycles. The van der Waals surface area contributed by atoms with Gasteiger partial charge in [0.1, 0.15) is 11.3 Å². The number of hydrogen-bond donors (Lipinski definition) is 1. The van der Waals surface area contributed by atoms with Gasteiger partial charge >= 0.3 is 0 Å². The minimum absolute atomic E-state index is 0.0674. The zero-order valence-corrected chi connectivity index (χ0v) is 15.0. The van der Waals surface area contributed by atoms with Gasteiger partial charge in [-0.25, -0.2) is 0 Å². The van der Waals surface area contributed by atoms with Crippen LogP contribution in [0.4, 0.5) is 5.69 Å². The fourth-order valence-corrected chi connectivity index (χ4v) is 4.10. The van der Waals surface area contributed by atoms with E-state index in [4.69, 9.17) is 4.74 Å². The normalized spacial score (nSPS) is 19.3. The van der Waals surface area contributed by atoms with Gasteiger partial charge in [-0.1, -0.05) is 37.8 Å². The fourth-order valence-electron chi connectivity index (χ4n) is 4.10. The summed E-state index contributed by atoms with van der Waals surface area (Å²) in [6.45, 7) is 1.11. The van der Waals surface area contributed by atoms with Crippen molar-refractivity contribution in [3.05, 3.63) is 23.8 Å². The monoisotopic (exact) mass is 341 g/mol. The molecule has 1 heterocycles. The van der Waals surface area contributed by atoms with Crippen LogP contribution in [0, 0.1) is 11.3 Å². The summed E-state index contributed by atoms with van der Waals surface area (Å²) in [6, 6.07) is 8.43. The lowest BCUT2D eigenvalue weighted by molar-refractivity contribution is -0.121. The smallest absolute Gasteiger partial charge is 0.240 e. The summed E-state index contributed by atoms with van der Waals surface area (Å²) in [7, 11) is 1.67. The maximum absolute atomic E-state index is 12.7. The third-order valence-corrected chi connectivity index (χ3v) is 5.38. The van der Waals surface area contributed by atoms with Gasteiger partial charge in [0.25, 0.3) is 0 Å². The van der Waals surface area contributed by atoms with Crippen LogP contribution in [0.3, 0.4) is 0 Å². The molecule has 0 spiro atoms. The molecule has 1 aliphatic carbocycles. The van der Waals surface area contributed by atoms with Gasteiger partial charge in [0, 0.05) is 6.54 Å². The number of nitrogens with zero attached hydrogens (tertiary/aromatic N) is 2. The number of carbonyl (C=O) groups is 1. The SMILES string of the molecule is COc1cccc2c1N(CC(=O)NC1(C#N)CCCCCC1)CCC2. The number of anilines is 1. The minimum Gasteiger partial charge on any atom is -0.495 e. The van der Waals surface area contributed by atoms with Crippen LogP contribution in [0.1, 0.15) is 50.5 Å². The molecule has 0 aromatic heterocycles. The van der Waals surface area contributed by atoms with E-state index in [9.17, 15) is 10.1 Å². The molecule has 0 atom stereocenters. The Labute approximate surface area is 150 Å². The molecule has 1 aromatic carbocycles. The van der Waals surface area contributed by atoms with Gasteiger partial charge in [0.2, 0.25) is 5.91 Å². The Morgan fingerprint density at radius 1 is 1.28 bits per heavy atom. The summed E-state index contributed by atoms with van der Waals surface area (Å²) in [6.07, 6.45) is 7.86. The molecular weight excluding hydrogens is 314 g/mol. The standard InChI is InChI=1S/C20H27N3O2/c1-25-17-10-6-8-16-9-7-13-23(19(16)17)14-18(24)22-20(15-21)11-4-2-3-5-12-20/h6,8,10H,2-5,7,9,11-14H2,1H3,(H,22,24). The molecule has 0 bridgehead atoms. The topological polar surface area (TPSA) is 65.4 Å². The molecule has 5 heteroatoms. The summed E-state index contributed by atoms with van der Waals surface area (Å²) in [5.41, 5.74) is 1.56. The molecule has 1 fully saturated rings. The minimum atomic E-state index is -0.688. The molecule has 1 aromatic rings. The van der Waals surface area contributed by atoms with Gasteiger partial charge in [0.05, 0.1) is 25.4 Å². The van der Waals surface area contributed by atoms with Crippen LogP contribution in [0.25, 0.3) is 0 Å². The molecule has 2 aliphatic rings. The van der Waals surface area contributed by atoms with E-state index in [1.807, 2.05) is 12.1 Å². The van der Waals surface area contributed by atoms with Crippen molar-refractivity contribution >= 4 is 11.6 Å². The highest BCUT2D eigenvalue weighted by molar-refractivity contribution is 5.84. The van der Waals surface area contributed by atoms with Gasteiger partial charge in [-0.2, -0.15) is 5.26 Å². The van der Waals surface area contributed by atoms with Gasteiger partial charge in [0.15, 0.2) is 0 Å². The Morgan fingerprint density at radius 2 is 2.04 bits per heavy atom. The molecule has 5 nitrogen and oxygen atoms in total. The highest BCUT2D eigenvalue weighted by Gasteiger charge is 2.33. The molecule has 134 valence electrons. The molecule has 3 rings (SSSR count). The third-order valence-electron chi connectivity index (χ3n) is 5.38. The lowest BCUT2D eigenvalue weighted by Crippen LogP contribution is -2.51. The number of para-hydroxylation sites is 1.